The van der Waals surface area contributed by atoms with Crippen LogP contribution >= 0.6 is 0 Å². The minimum atomic E-state index is -0.333. The molecular weight excluding hydrogens is 316 g/mol. The van der Waals surface area contributed by atoms with E-state index in [1.165, 1.54) is 0 Å². The Hall–Kier alpha value is -2.33. The Balaban J connectivity index is 2.05. The molecule has 25 heavy (non-hydrogen) atoms. The van der Waals surface area contributed by atoms with Gasteiger partial charge in [-0.05, 0) is 38.0 Å². The van der Waals surface area contributed by atoms with Crippen LogP contribution in [0.5, 0.6) is 5.75 Å². The van der Waals surface area contributed by atoms with Crippen molar-refractivity contribution in [1.82, 2.24) is 0 Å². The molecule has 0 aliphatic carbocycles. The van der Waals surface area contributed by atoms with E-state index in [-0.39, 0.29) is 17.1 Å². The molecule has 1 aliphatic rings. The fraction of sp³-hybridized carbons (Fsp3) is 0.381. The maximum Gasteiger partial charge on any atom is 0.343 e. The minimum absolute atomic E-state index is 0.0562. The van der Waals surface area contributed by atoms with Crippen molar-refractivity contribution in [3.63, 3.8) is 0 Å². The van der Waals surface area contributed by atoms with Crippen LogP contribution in [0.15, 0.2) is 51.2 Å². The molecule has 0 saturated heterocycles. The lowest BCUT2D eigenvalue weighted by Crippen LogP contribution is -2.23. The van der Waals surface area contributed by atoms with Gasteiger partial charge in [0.05, 0.1) is 16.6 Å². The Morgan fingerprint density at radius 3 is 2.80 bits per heavy atom. The number of methoxy groups -OCH3 is 1. The number of hydrogen-bond donors (Lipinski definition) is 0. The van der Waals surface area contributed by atoms with Gasteiger partial charge in [0.1, 0.15) is 17.9 Å². The molecule has 0 saturated carbocycles. The quantitative estimate of drug-likeness (QED) is 0.772. The topological polar surface area (TPSA) is 48.7 Å². The third-order valence-corrected chi connectivity index (χ3v) is 4.84. The average Bonchev–Trinajstić information content (AvgIpc) is 2.56. The fourth-order valence-corrected chi connectivity index (χ4v) is 3.05. The first kappa shape index (κ1) is 17.5. The van der Waals surface area contributed by atoms with E-state index in [0.29, 0.717) is 23.5 Å². The molecule has 0 fully saturated rings. The zero-order valence-corrected chi connectivity index (χ0v) is 15.4. The summed E-state index contributed by atoms with van der Waals surface area (Å²) in [4.78, 5) is 12.5. The Morgan fingerprint density at radius 2 is 2.08 bits per heavy atom. The molecular formula is C21H24O4. The molecule has 1 unspecified atom stereocenters. The van der Waals surface area contributed by atoms with E-state index in [9.17, 15) is 4.79 Å². The average molecular weight is 340 g/mol. The molecule has 4 heteroatoms. The molecule has 4 nitrogen and oxygen atoms in total. The Morgan fingerprint density at radius 1 is 1.32 bits per heavy atom. The zero-order valence-electron chi connectivity index (χ0n) is 15.4. The molecule has 0 bridgehead atoms. The highest BCUT2D eigenvalue weighted by atomic mass is 16.5. The number of benzene rings is 1. The van der Waals surface area contributed by atoms with E-state index in [1.807, 2.05) is 58.1 Å². The zero-order chi connectivity index (χ0) is 18.2. The van der Waals surface area contributed by atoms with Crippen LogP contribution in [-0.4, -0.2) is 19.3 Å². The van der Waals surface area contributed by atoms with Gasteiger partial charge in [-0.15, -0.1) is 0 Å². The summed E-state index contributed by atoms with van der Waals surface area (Å²) in [5.74, 6) is 0.606. The van der Waals surface area contributed by atoms with Crippen LogP contribution in [0.25, 0.3) is 11.0 Å². The third kappa shape index (κ3) is 3.27. The summed E-state index contributed by atoms with van der Waals surface area (Å²) in [6, 6.07) is 5.68. The number of aryl methyl sites for hydroxylation is 1. The predicted molar refractivity (Wildman–Crippen MR) is 99.4 cm³/mol. The molecule has 0 amide bonds. The maximum absolute atomic E-state index is 12.5. The molecule has 2 aromatic rings. The van der Waals surface area contributed by atoms with Gasteiger partial charge in [-0.25, -0.2) is 4.79 Å². The fourth-order valence-electron chi connectivity index (χ4n) is 3.05. The molecule has 1 aliphatic heterocycles. The molecule has 1 atom stereocenters. The molecule has 0 N–H and O–H groups in total. The van der Waals surface area contributed by atoms with Crippen molar-refractivity contribution in [2.45, 2.75) is 39.2 Å². The summed E-state index contributed by atoms with van der Waals surface area (Å²) >= 11 is 0. The van der Waals surface area contributed by atoms with E-state index in [2.05, 4.69) is 0 Å². The van der Waals surface area contributed by atoms with Crippen LogP contribution in [0.4, 0.5) is 0 Å². The van der Waals surface area contributed by atoms with Crippen molar-refractivity contribution >= 4 is 11.0 Å². The van der Waals surface area contributed by atoms with E-state index in [1.54, 1.807) is 13.2 Å². The van der Waals surface area contributed by atoms with Gasteiger partial charge in [-0.1, -0.05) is 37.3 Å². The van der Waals surface area contributed by atoms with Gasteiger partial charge >= 0.3 is 5.63 Å². The van der Waals surface area contributed by atoms with Crippen LogP contribution in [-0.2, 0) is 4.74 Å². The third-order valence-electron chi connectivity index (χ3n) is 4.84. The van der Waals surface area contributed by atoms with Gasteiger partial charge in [-0.3, -0.25) is 0 Å². The Bertz CT molecular complexity index is 915. The van der Waals surface area contributed by atoms with Gasteiger partial charge in [0.2, 0.25) is 0 Å². The van der Waals surface area contributed by atoms with Crippen molar-refractivity contribution in [3.8, 4) is 5.75 Å². The van der Waals surface area contributed by atoms with E-state index in [0.717, 1.165) is 16.5 Å². The maximum atomic E-state index is 12.5. The predicted octanol–water partition coefficient (Wildman–Crippen LogP) is 4.50. The molecule has 1 aromatic carbocycles. The van der Waals surface area contributed by atoms with E-state index in [4.69, 9.17) is 13.9 Å². The summed E-state index contributed by atoms with van der Waals surface area (Å²) in [6.07, 6.45) is 5.93. The van der Waals surface area contributed by atoms with Crippen LogP contribution < -0.4 is 10.4 Å². The first-order valence-electron chi connectivity index (χ1n) is 8.46. The number of ether oxygens (including phenoxy) is 2. The van der Waals surface area contributed by atoms with Crippen molar-refractivity contribution in [1.29, 1.82) is 0 Å². The van der Waals surface area contributed by atoms with Gasteiger partial charge in [0, 0.05) is 13.0 Å². The lowest BCUT2D eigenvalue weighted by atomic mass is 9.89. The lowest BCUT2D eigenvalue weighted by Gasteiger charge is -2.26. The normalized spacial score (nSPS) is 19.4. The highest BCUT2D eigenvalue weighted by molar-refractivity contribution is 5.88. The Kier molecular flexibility index (Phi) is 4.56. The van der Waals surface area contributed by atoms with Gasteiger partial charge in [0.25, 0.3) is 0 Å². The summed E-state index contributed by atoms with van der Waals surface area (Å²) in [5.41, 5.74) is 2.59. The molecule has 3 rings (SSSR count). The SMILES string of the molecule is COC(C)(C)/C=C/C=C1\COc2c(c(=O)oc3cccc(C)c23)C1C. The molecule has 1 aromatic heterocycles. The van der Waals surface area contributed by atoms with Crippen LogP contribution in [0, 0.1) is 6.92 Å². The smallest absolute Gasteiger partial charge is 0.343 e. The standard InChI is InChI=1S/C21H24O4/c1-13-8-6-10-16-17(13)19-18(20(22)25-16)14(2)15(12-24-19)9-7-11-21(3,4)23-5/h6-11,14H,12H2,1-5H3/b11-7+,15-9+. The second-order valence-corrected chi connectivity index (χ2v) is 7.00. The number of fused-ring (bicyclic) bond motifs is 3. The summed E-state index contributed by atoms with van der Waals surface area (Å²) in [6.45, 7) is 8.45. The number of hydrogen-bond acceptors (Lipinski definition) is 4. The molecule has 132 valence electrons. The summed E-state index contributed by atoms with van der Waals surface area (Å²) in [5, 5.41) is 0.888. The van der Waals surface area contributed by atoms with Gasteiger partial charge in [0.15, 0.2) is 0 Å². The van der Waals surface area contributed by atoms with Crippen LogP contribution in [0.3, 0.4) is 0 Å². The number of allylic oxidation sites excluding steroid dienone is 2. The minimum Gasteiger partial charge on any atom is -0.488 e. The lowest BCUT2D eigenvalue weighted by molar-refractivity contribution is 0.0656. The van der Waals surface area contributed by atoms with Gasteiger partial charge in [-0.2, -0.15) is 0 Å². The van der Waals surface area contributed by atoms with Crippen molar-refractivity contribution in [2.75, 3.05) is 13.7 Å². The van der Waals surface area contributed by atoms with Crippen molar-refractivity contribution in [2.24, 2.45) is 0 Å². The first-order valence-corrected chi connectivity index (χ1v) is 8.46. The Labute approximate surface area is 147 Å². The van der Waals surface area contributed by atoms with Crippen LogP contribution in [0.2, 0.25) is 0 Å². The summed E-state index contributed by atoms with van der Waals surface area (Å²) < 4.78 is 16.9. The second kappa shape index (κ2) is 6.52. The van der Waals surface area contributed by atoms with E-state index < -0.39 is 0 Å². The van der Waals surface area contributed by atoms with Crippen molar-refractivity contribution < 1.29 is 13.9 Å². The van der Waals surface area contributed by atoms with E-state index >= 15 is 0 Å². The van der Waals surface area contributed by atoms with Crippen molar-refractivity contribution in [3.05, 3.63) is 63.5 Å². The van der Waals surface area contributed by atoms with Crippen LogP contribution in [0.1, 0.15) is 37.8 Å². The largest absolute Gasteiger partial charge is 0.488 e. The highest BCUT2D eigenvalue weighted by Crippen LogP contribution is 2.40. The molecule has 2 heterocycles. The summed E-state index contributed by atoms with van der Waals surface area (Å²) in [7, 11) is 1.68. The molecule has 0 spiro atoms. The second-order valence-electron chi connectivity index (χ2n) is 7.00. The first-order chi connectivity index (χ1) is 11.8. The monoisotopic (exact) mass is 340 g/mol. The molecule has 0 radical (unpaired) electrons. The number of rotatable bonds is 3. The van der Waals surface area contributed by atoms with Gasteiger partial charge < -0.3 is 13.9 Å². The highest BCUT2D eigenvalue weighted by Gasteiger charge is 2.29.